The first-order valence-electron chi connectivity index (χ1n) is 1.03. The smallest absolute Gasteiger partial charge is 0.319 e. The zero-order chi connectivity index (χ0) is 4.12. The molecule has 0 aromatic carbocycles. The number of carbonyl (C=O) groups is 1. The Labute approximate surface area is 28.8 Å². The molecule has 0 heterocycles. The van der Waals surface area contributed by atoms with E-state index in [9.17, 15) is 0 Å². The minimum absolute atomic E-state index is 0.389. The minimum Gasteiger partial charge on any atom is -0.361 e. The third-order valence-electron chi connectivity index (χ3n) is 0.128. The van der Waals surface area contributed by atoms with Gasteiger partial charge in [-0.1, -0.05) is 0 Å². The van der Waals surface area contributed by atoms with Gasteiger partial charge in [-0.05, 0) is 0 Å². The molecule has 0 spiro atoms. The Hall–Kier alpha value is -0.950. The van der Waals surface area contributed by atoms with Gasteiger partial charge in [-0.15, -0.1) is 0 Å². The highest BCUT2D eigenvalue weighted by molar-refractivity contribution is 6.09. The highest BCUT2D eigenvalue weighted by Crippen LogP contribution is 1.18. The standard InChI is InChI=1S/C2H2N2O/c3-4-1-2-5/h1-2H. The molecule has 0 radical (unpaired) electrons. The average Bonchev–Trinajstić information content (AvgIpc) is 1.41. The van der Waals surface area contributed by atoms with Crippen LogP contribution in [0.15, 0.2) is 0 Å². The number of hydrogen-bond donors (Lipinski definition) is 0. The molecule has 0 aliphatic rings. The summed E-state index contributed by atoms with van der Waals surface area (Å²) in [6, 6.07) is 0. The summed E-state index contributed by atoms with van der Waals surface area (Å²) in [5, 5.41) is 0. The van der Waals surface area contributed by atoms with Crippen LogP contribution < -0.4 is 0 Å². The molecule has 0 fully saturated rings. The summed E-state index contributed by atoms with van der Waals surface area (Å²) in [4.78, 5) is 11.5. The van der Waals surface area contributed by atoms with Crippen LogP contribution in [0.3, 0.4) is 0 Å². The maximum Gasteiger partial charge on any atom is 0.319 e. The van der Waals surface area contributed by atoms with Gasteiger partial charge in [0.15, 0.2) is 0 Å². The van der Waals surface area contributed by atoms with Gasteiger partial charge in [-0.2, -0.15) is 4.79 Å². The molecular formula is C2H2N2O. The molecule has 0 rings (SSSR count). The summed E-state index contributed by atoms with van der Waals surface area (Å²) in [6.07, 6.45) is 1.14. The molecule has 3 nitrogen and oxygen atoms in total. The van der Waals surface area contributed by atoms with Gasteiger partial charge in [0.05, 0.1) is 0 Å². The van der Waals surface area contributed by atoms with Crippen molar-refractivity contribution in [3.8, 4) is 0 Å². The van der Waals surface area contributed by atoms with Gasteiger partial charge in [0.25, 0.3) is 0 Å². The van der Waals surface area contributed by atoms with Crippen LogP contribution >= 0.6 is 0 Å². The number of aldehydes is 1. The van der Waals surface area contributed by atoms with Crippen molar-refractivity contribution in [2.45, 2.75) is 0 Å². The largest absolute Gasteiger partial charge is 0.361 e. The predicted molar refractivity (Wildman–Crippen MR) is 15.7 cm³/mol. The summed E-state index contributed by atoms with van der Waals surface area (Å²) < 4.78 is 0. The van der Waals surface area contributed by atoms with E-state index in [1.165, 1.54) is 0 Å². The first kappa shape index (κ1) is 4.05. The van der Waals surface area contributed by atoms with Crippen LogP contribution in [0.25, 0.3) is 5.53 Å². The summed E-state index contributed by atoms with van der Waals surface area (Å²) in [6.45, 7) is 0. The van der Waals surface area contributed by atoms with Crippen LogP contribution in [0.4, 0.5) is 0 Å². The Balaban J connectivity index is 3.31. The molecule has 0 amide bonds. The van der Waals surface area contributed by atoms with Crippen molar-refractivity contribution in [1.82, 2.24) is 0 Å². The fourth-order valence-corrected chi connectivity index (χ4v) is 0.0272. The van der Waals surface area contributed by atoms with Crippen molar-refractivity contribution < 1.29 is 9.58 Å². The van der Waals surface area contributed by atoms with E-state index in [0.717, 1.165) is 6.21 Å². The van der Waals surface area contributed by atoms with Gasteiger partial charge in [-0.3, -0.25) is 4.79 Å². The maximum absolute atomic E-state index is 9.10. The Morgan fingerprint density at radius 1 is 1.80 bits per heavy atom. The highest BCUT2D eigenvalue weighted by atomic mass is 16.1. The molecule has 26 valence electrons. The molecule has 0 aliphatic carbocycles. The molecule has 0 aromatic rings. The number of hydrogen-bond acceptors (Lipinski definition) is 1. The van der Waals surface area contributed by atoms with E-state index >= 15 is 0 Å². The SMILES string of the molecule is [N-]=[N+]=CC=O. The van der Waals surface area contributed by atoms with Crippen molar-refractivity contribution >= 4 is 12.5 Å². The quantitative estimate of drug-likeness (QED) is 0.177. The molecule has 0 aliphatic heterocycles. The van der Waals surface area contributed by atoms with Gasteiger partial charge in [0.2, 0.25) is 6.29 Å². The van der Waals surface area contributed by atoms with Crippen LogP contribution in [0.1, 0.15) is 0 Å². The number of carbonyl (C=O) groups excluding carboxylic acids is 1. The second-order valence-corrected chi connectivity index (χ2v) is 0.401. The minimum atomic E-state index is 0.389. The van der Waals surface area contributed by atoms with Crippen LogP contribution in [-0.4, -0.2) is 17.3 Å². The Kier molecular flexibility index (Phi) is 2.47. The van der Waals surface area contributed by atoms with Crippen molar-refractivity contribution in [1.29, 1.82) is 0 Å². The summed E-state index contributed by atoms with van der Waals surface area (Å²) in [7, 11) is 0. The summed E-state index contributed by atoms with van der Waals surface area (Å²) in [5.41, 5.74) is 7.40. The lowest BCUT2D eigenvalue weighted by Gasteiger charge is -1.34. The third kappa shape index (κ3) is 3.05. The van der Waals surface area contributed by atoms with Crippen LogP contribution in [0, 0.1) is 0 Å². The molecule has 0 aromatic heterocycles. The monoisotopic (exact) mass is 70.0 g/mol. The van der Waals surface area contributed by atoms with Gasteiger partial charge >= 0.3 is 6.21 Å². The summed E-state index contributed by atoms with van der Waals surface area (Å²) in [5.74, 6) is 0. The van der Waals surface area contributed by atoms with Gasteiger partial charge in [0.1, 0.15) is 0 Å². The van der Waals surface area contributed by atoms with E-state index in [1.807, 2.05) is 0 Å². The second kappa shape index (κ2) is 3.05. The summed E-state index contributed by atoms with van der Waals surface area (Å²) >= 11 is 0. The molecule has 3 heteroatoms. The zero-order valence-corrected chi connectivity index (χ0v) is 2.46. The fourth-order valence-electron chi connectivity index (χ4n) is 0.0272. The normalized spacial score (nSPS) is 4.80. The number of rotatable bonds is 1. The molecule has 0 bridgehead atoms. The number of nitrogens with zero attached hydrogens (tertiary/aromatic N) is 2. The molecule has 0 N–H and O–H groups in total. The van der Waals surface area contributed by atoms with E-state index < -0.39 is 0 Å². The molecular weight excluding hydrogens is 68.0 g/mol. The Bertz CT molecular complexity index is 71.7. The van der Waals surface area contributed by atoms with E-state index in [-0.39, 0.29) is 0 Å². The van der Waals surface area contributed by atoms with E-state index in [4.69, 9.17) is 10.3 Å². The molecule has 0 unspecified atom stereocenters. The van der Waals surface area contributed by atoms with Crippen LogP contribution in [0.2, 0.25) is 0 Å². The van der Waals surface area contributed by atoms with Crippen LogP contribution in [-0.2, 0) is 4.79 Å². The van der Waals surface area contributed by atoms with E-state index in [1.54, 1.807) is 0 Å². The van der Waals surface area contributed by atoms with Gasteiger partial charge < -0.3 is 5.53 Å². The molecule has 5 heavy (non-hydrogen) atoms. The molecule has 0 saturated carbocycles. The van der Waals surface area contributed by atoms with Gasteiger partial charge in [0, 0.05) is 0 Å². The van der Waals surface area contributed by atoms with Crippen molar-refractivity contribution in [3.63, 3.8) is 0 Å². The van der Waals surface area contributed by atoms with Crippen LogP contribution in [0.5, 0.6) is 0 Å². The van der Waals surface area contributed by atoms with Crippen molar-refractivity contribution in [3.05, 3.63) is 5.53 Å². The fraction of sp³-hybridized carbons (Fsp3) is 0. The average molecular weight is 70.1 g/mol. The Morgan fingerprint density at radius 2 is 2.40 bits per heavy atom. The van der Waals surface area contributed by atoms with E-state index in [2.05, 4.69) is 4.79 Å². The lowest BCUT2D eigenvalue weighted by atomic mass is 10.9. The van der Waals surface area contributed by atoms with Crippen molar-refractivity contribution in [2.24, 2.45) is 0 Å². The zero-order valence-electron chi connectivity index (χ0n) is 2.46. The molecule has 0 saturated heterocycles. The first-order valence-corrected chi connectivity index (χ1v) is 1.03. The molecule has 0 atom stereocenters. The Morgan fingerprint density at radius 3 is 2.40 bits per heavy atom. The lowest BCUT2D eigenvalue weighted by molar-refractivity contribution is -0.105. The maximum atomic E-state index is 9.10. The topological polar surface area (TPSA) is 53.5 Å². The third-order valence-corrected chi connectivity index (χ3v) is 0.128. The lowest BCUT2D eigenvalue weighted by Crippen LogP contribution is -1.68. The highest BCUT2D eigenvalue weighted by Gasteiger charge is 1.58. The second-order valence-electron chi connectivity index (χ2n) is 0.401. The first-order chi connectivity index (χ1) is 2.41. The van der Waals surface area contributed by atoms with E-state index in [0.29, 0.717) is 6.29 Å². The van der Waals surface area contributed by atoms with Gasteiger partial charge in [-0.25, -0.2) is 0 Å². The predicted octanol–water partition coefficient (Wildman–Crippen LogP) is -0.514. The van der Waals surface area contributed by atoms with Crippen molar-refractivity contribution in [2.75, 3.05) is 0 Å².